The third kappa shape index (κ3) is 9.69. The Bertz CT molecular complexity index is 1460. The maximum Gasteiger partial charge on any atom is 0.342 e. The summed E-state index contributed by atoms with van der Waals surface area (Å²) in [6.07, 6.45) is 2.13. The molecule has 2 aromatic rings. The number of carbonyl (C=O) groups is 2. The number of hydrogen-bond acceptors (Lipinski definition) is 14. The van der Waals surface area contributed by atoms with Crippen molar-refractivity contribution in [3.63, 3.8) is 0 Å². The fourth-order valence-corrected chi connectivity index (χ4v) is 8.20. The van der Waals surface area contributed by atoms with E-state index in [1.807, 2.05) is 27.7 Å². The first-order valence-corrected chi connectivity index (χ1v) is 19.2. The monoisotopic (exact) mass is 726 g/mol. The average molecular weight is 727 g/mol. The number of aliphatic hydroxyl groups excluding tert-OH is 1. The third-order valence-electron chi connectivity index (χ3n) is 8.77. The molecule has 0 unspecified atom stereocenters. The molecule has 6 atom stereocenters. The normalized spacial score (nSPS) is 24.3. The highest BCUT2D eigenvalue weighted by Crippen LogP contribution is 2.45. The van der Waals surface area contributed by atoms with Gasteiger partial charge in [-0.15, -0.1) is 0 Å². The third-order valence-corrected chi connectivity index (χ3v) is 10.6. The fraction of sp³-hybridized carbons (Fsp3) is 0.781. The molecule has 2 aromatic heterocycles. The SMILES string of the molecule is CCOC(=O)[C@H](CC(C)C)NP(=O)(N[C@@H](CC(C)C)C(=O)OCC)OC[C@H]1O[C@@H](n2cnc3c(NC4CCCC4)nc(N)nc32)[C@](C)(O)[C@@H]1O. The number of aliphatic hydroxyl groups is 2. The first kappa shape index (κ1) is 39.9. The molecule has 50 heavy (non-hydrogen) atoms. The minimum absolute atomic E-state index is 0.00514. The Hall–Kier alpha value is -2.92. The number of imidazole rings is 1. The summed E-state index contributed by atoms with van der Waals surface area (Å²) in [5, 5.41) is 31.9. The molecule has 4 rings (SSSR count). The Morgan fingerprint density at radius 2 is 1.62 bits per heavy atom. The van der Waals surface area contributed by atoms with Crippen molar-refractivity contribution in [3.8, 4) is 0 Å². The van der Waals surface area contributed by atoms with Crippen molar-refractivity contribution in [1.29, 1.82) is 0 Å². The van der Waals surface area contributed by atoms with Crippen LogP contribution in [0.2, 0.25) is 0 Å². The highest BCUT2D eigenvalue weighted by atomic mass is 31.2. The number of hydrogen-bond donors (Lipinski definition) is 6. The van der Waals surface area contributed by atoms with Crippen LogP contribution in [0, 0.1) is 11.8 Å². The van der Waals surface area contributed by atoms with E-state index in [9.17, 15) is 24.4 Å². The van der Waals surface area contributed by atoms with Crippen molar-refractivity contribution in [3.05, 3.63) is 6.33 Å². The number of nitrogens with zero attached hydrogens (tertiary/aromatic N) is 4. The lowest BCUT2D eigenvalue weighted by Crippen LogP contribution is -2.47. The number of rotatable bonds is 18. The maximum absolute atomic E-state index is 14.6. The summed E-state index contributed by atoms with van der Waals surface area (Å²) in [4.78, 5) is 39.1. The molecule has 1 aliphatic heterocycles. The van der Waals surface area contributed by atoms with E-state index < -0.39 is 62.3 Å². The van der Waals surface area contributed by atoms with Crippen molar-refractivity contribution in [2.45, 2.75) is 129 Å². The van der Waals surface area contributed by atoms with E-state index in [1.165, 1.54) is 17.8 Å². The van der Waals surface area contributed by atoms with Crippen LogP contribution in [-0.4, -0.2) is 97.4 Å². The van der Waals surface area contributed by atoms with Crippen molar-refractivity contribution in [2.75, 3.05) is 30.9 Å². The van der Waals surface area contributed by atoms with Crippen molar-refractivity contribution in [2.24, 2.45) is 11.8 Å². The summed E-state index contributed by atoms with van der Waals surface area (Å²) < 4.78 is 38.7. The van der Waals surface area contributed by atoms with Gasteiger partial charge < -0.3 is 40.0 Å². The van der Waals surface area contributed by atoms with Crippen molar-refractivity contribution in [1.82, 2.24) is 29.7 Å². The second kappa shape index (κ2) is 17.1. The smallest absolute Gasteiger partial charge is 0.342 e. The van der Waals surface area contributed by atoms with E-state index in [-0.39, 0.29) is 55.5 Å². The summed E-state index contributed by atoms with van der Waals surface area (Å²) in [7, 11) is -4.31. The first-order valence-electron chi connectivity index (χ1n) is 17.5. The molecule has 18 heteroatoms. The Morgan fingerprint density at radius 1 is 1.06 bits per heavy atom. The molecule has 17 nitrogen and oxygen atoms in total. The minimum Gasteiger partial charge on any atom is -0.465 e. The topological polar surface area (TPSA) is 234 Å². The molecule has 0 aromatic carbocycles. The van der Waals surface area contributed by atoms with Crippen LogP contribution in [0.15, 0.2) is 6.33 Å². The molecular formula is C32H55N8O9P. The second-order valence-corrected chi connectivity index (χ2v) is 15.9. The van der Waals surface area contributed by atoms with Crippen LogP contribution in [0.5, 0.6) is 0 Å². The van der Waals surface area contributed by atoms with Crippen LogP contribution in [0.3, 0.4) is 0 Å². The lowest BCUT2D eigenvalue weighted by atomic mass is 9.96. The zero-order valence-corrected chi connectivity index (χ0v) is 31.0. The number of aromatic nitrogens is 4. The number of ether oxygens (including phenoxy) is 3. The van der Waals surface area contributed by atoms with Gasteiger partial charge in [0.25, 0.3) is 0 Å². The Morgan fingerprint density at radius 3 is 2.14 bits per heavy atom. The van der Waals surface area contributed by atoms with Gasteiger partial charge in [0.1, 0.15) is 29.9 Å². The van der Waals surface area contributed by atoms with E-state index in [0.717, 1.165) is 25.7 Å². The van der Waals surface area contributed by atoms with Gasteiger partial charge in [0.05, 0.1) is 26.1 Å². The summed E-state index contributed by atoms with van der Waals surface area (Å²) in [5.74, 6) is -0.837. The Balaban J connectivity index is 1.62. The lowest BCUT2D eigenvalue weighted by Gasteiger charge is -2.30. The van der Waals surface area contributed by atoms with Gasteiger partial charge in [-0.25, -0.2) is 15.2 Å². The molecule has 0 spiro atoms. The number of anilines is 2. The Labute approximate surface area is 293 Å². The predicted molar refractivity (Wildman–Crippen MR) is 186 cm³/mol. The largest absolute Gasteiger partial charge is 0.465 e. The van der Waals surface area contributed by atoms with Crippen LogP contribution in [-0.2, 0) is 32.9 Å². The summed E-state index contributed by atoms with van der Waals surface area (Å²) >= 11 is 0. The predicted octanol–water partition coefficient (Wildman–Crippen LogP) is 3.03. The Kier molecular flexibility index (Phi) is 13.6. The molecule has 1 aliphatic carbocycles. The highest BCUT2D eigenvalue weighted by molar-refractivity contribution is 7.54. The molecule has 1 saturated heterocycles. The van der Waals surface area contributed by atoms with Gasteiger partial charge in [-0.1, -0.05) is 40.5 Å². The van der Waals surface area contributed by atoms with E-state index >= 15 is 0 Å². The molecule has 0 bridgehead atoms. The zero-order valence-electron chi connectivity index (χ0n) is 30.1. The summed E-state index contributed by atoms with van der Waals surface area (Å²) in [6.45, 7) is 12.0. The van der Waals surface area contributed by atoms with Gasteiger partial charge >= 0.3 is 19.6 Å². The molecule has 1 saturated carbocycles. The van der Waals surface area contributed by atoms with Gasteiger partial charge in [-0.05, 0) is 58.3 Å². The van der Waals surface area contributed by atoms with Gasteiger partial charge in [0, 0.05) is 6.04 Å². The van der Waals surface area contributed by atoms with Crippen LogP contribution in [0.1, 0.15) is 93.2 Å². The fourth-order valence-electron chi connectivity index (χ4n) is 6.38. The minimum atomic E-state index is -4.31. The number of nitrogen functional groups attached to an aromatic ring is 1. The van der Waals surface area contributed by atoms with Gasteiger partial charge in [-0.2, -0.15) is 9.97 Å². The summed E-state index contributed by atoms with van der Waals surface area (Å²) in [5.41, 5.74) is 4.87. The van der Waals surface area contributed by atoms with Gasteiger partial charge in [-0.3, -0.25) is 18.7 Å². The highest BCUT2D eigenvalue weighted by Gasteiger charge is 2.54. The number of nitrogens with one attached hydrogen (secondary N) is 3. The van der Waals surface area contributed by atoms with Crippen molar-refractivity contribution >= 4 is 42.5 Å². The molecule has 2 fully saturated rings. The molecular weight excluding hydrogens is 671 g/mol. The summed E-state index contributed by atoms with van der Waals surface area (Å²) in [6, 6.07) is -1.90. The number of nitrogens with two attached hydrogens (primary N) is 1. The molecule has 3 heterocycles. The lowest BCUT2D eigenvalue weighted by molar-refractivity contribution is -0.146. The van der Waals surface area contributed by atoms with Gasteiger partial charge in [0.2, 0.25) is 5.95 Å². The van der Waals surface area contributed by atoms with E-state index in [2.05, 4.69) is 30.4 Å². The molecule has 282 valence electrons. The number of fused-ring (bicyclic) bond motifs is 1. The molecule has 0 radical (unpaired) electrons. The maximum atomic E-state index is 14.6. The number of esters is 2. The zero-order chi connectivity index (χ0) is 36.8. The van der Waals surface area contributed by atoms with Crippen LogP contribution in [0.25, 0.3) is 11.2 Å². The molecule has 7 N–H and O–H groups in total. The molecule has 2 aliphatic rings. The van der Waals surface area contributed by atoms with Crippen molar-refractivity contribution < 1.29 is 43.1 Å². The van der Waals surface area contributed by atoms with Crippen LogP contribution < -0.4 is 21.2 Å². The quantitative estimate of drug-likeness (QED) is 0.0957. The molecule has 0 amide bonds. The van der Waals surface area contributed by atoms with Gasteiger partial charge in [0.15, 0.2) is 23.2 Å². The van der Waals surface area contributed by atoms with E-state index in [4.69, 9.17) is 24.5 Å². The number of carbonyl (C=O) groups excluding carboxylic acids is 2. The first-order chi connectivity index (χ1) is 23.6. The van der Waals surface area contributed by atoms with Crippen LogP contribution in [0.4, 0.5) is 11.8 Å². The van der Waals surface area contributed by atoms with Crippen LogP contribution >= 0.6 is 7.67 Å². The standard InChI is InChI=1S/C32H55N8O9P/c1-8-46-28(42)21(14-18(3)4)38-50(45,39-22(15-19(5)6)29(43)47-9-2)48-16-23-25(41)32(7,44)30(49-23)40-17-34-24-26(35-20-12-10-11-13-20)36-31(33)37-27(24)40/h17-23,25,30,41,44H,8-16H2,1-7H3,(H2,38,39,45)(H3,33,35,36,37)/t21-,22-,23+,25+,30+,32+/m0/s1. The van der Waals surface area contributed by atoms with E-state index in [1.54, 1.807) is 13.8 Å². The van der Waals surface area contributed by atoms with E-state index in [0.29, 0.717) is 11.3 Å². The average Bonchev–Trinajstić information content (AvgIpc) is 3.74. The second-order valence-electron chi connectivity index (χ2n) is 14.1.